The van der Waals surface area contributed by atoms with E-state index in [2.05, 4.69) is 21.3 Å². The Morgan fingerprint density at radius 3 is 1.19 bits per heavy atom. The van der Waals surface area contributed by atoms with E-state index in [9.17, 15) is 19.2 Å². The van der Waals surface area contributed by atoms with Crippen molar-refractivity contribution >= 4 is 23.6 Å². The summed E-state index contributed by atoms with van der Waals surface area (Å²) < 4.78 is 0. The zero-order valence-electron chi connectivity index (χ0n) is 15.8. The molecule has 4 aliphatic rings. The summed E-state index contributed by atoms with van der Waals surface area (Å²) in [5.41, 5.74) is -2.92. The van der Waals surface area contributed by atoms with Gasteiger partial charge in [-0.15, -0.1) is 0 Å². The Balaban J connectivity index is 2.22. The second-order valence-electron chi connectivity index (χ2n) is 8.42. The lowest BCUT2D eigenvalue weighted by atomic mass is 9.44. The molecule has 0 aliphatic heterocycles. The molecule has 8 heteroatoms. The van der Waals surface area contributed by atoms with Crippen molar-refractivity contribution in [2.75, 3.05) is 0 Å². The molecule has 4 aliphatic carbocycles. The Labute approximate surface area is 153 Å². The molecule has 0 aromatic carbocycles. The van der Waals surface area contributed by atoms with E-state index in [1.54, 1.807) is 0 Å². The van der Waals surface area contributed by atoms with Gasteiger partial charge < -0.3 is 21.3 Å². The van der Waals surface area contributed by atoms with Crippen LogP contribution < -0.4 is 21.3 Å². The van der Waals surface area contributed by atoms with Gasteiger partial charge in [-0.2, -0.15) is 0 Å². The SMILES string of the molecule is CC(=O)NC12CC3CC(C1)CC(NC(C)=O)(C3)C2(NC(C)=O)NC(C)=O. The van der Waals surface area contributed by atoms with Gasteiger partial charge in [0.1, 0.15) is 0 Å². The van der Waals surface area contributed by atoms with Gasteiger partial charge in [0.15, 0.2) is 5.66 Å². The number of hydrogen-bond donors (Lipinski definition) is 4. The third-order valence-electron chi connectivity index (χ3n) is 6.21. The van der Waals surface area contributed by atoms with Gasteiger partial charge in [0.25, 0.3) is 0 Å². The lowest BCUT2D eigenvalue weighted by molar-refractivity contribution is -0.172. The summed E-state index contributed by atoms with van der Waals surface area (Å²) in [5.74, 6) is -0.440. The third kappa shape index (κ3) is 2.66. The van der Waals surface area contributed by atoms with Gasteiger partial charge in [0.05, 0.1) is 11.1 Å². The van der Waals surface area contributed by atoms with E-state index in [-0.39, 0.29) is 23.6 Å². The van der Waals surface area contributed by atoms with Crippen LogP contribution in [0.1, 0.15) is 59.8 Å². The third-order valence-corrected chi connectivity index (χ3v) is 6.21. The fraction of sp³-hybridized carbons (Fsp3) is 0.778. The molecule has 0 heterocycles. The highest BCUT2D eigenvalue weighted by atomic mass is 16.2. The van der Waals surface area contributed by atoms with Crippen LogP contribution in [0, 0.1) is 11.8 Å². The first-order valence-electron chi connectivity index (χ1n) is 9.18. The zero-order chi connectivity index (χ0) is 19.3. The van der Waals surface area contributed by atoms with E-state index in [1.165, 1.54) is 27.7 Å². The monoisotopic (exact) mass is 364 g/mol. The van der Waals surface area contributed by atoms with E-state index >= 15 is 0 Å². The van der Waals surface area contributed by atoms with Crippen molar-refractivity contribution in [1.29, 1.82) is 0 Å². The summed E-state index contributed by atoms with van der Waals surface area (Å²) in [5, 5.41) is 12.1. The molecule has 8 nitrogen and oxygen atoms in total. The smallest absolute Gasteiger partial charge is 0.218 e. The molecule has 4 fully saturated rings. The minimum Gasteiger partial charge on any atom is -0.347 e. The molecule has 0 atom stereocenters. The second kappa shape index (κ2) is 5.96. The second-order valence-corrected chi connectivity index (χ2v) is 8.42. The number of carbonyl (C=O) groups excluding carboxylic acids is 4. The van der Waals surface area contributed by atoms with Crippen LogP contribution in [0.5, 0.6) is 0 Å². The van der Waals surface area contributed by atoms with Crippen molar-refractivity contribution in [2.24, 2.45) is 11.8 Å². The van der Waals surface area contributed by atoms with Crippen LogP contribution in [-0.2, 0) is 19.2 Å². The minimum absolute atomic E-state index is 0.218. The maximum absolute atomic E-state index is 12.2. The molecular formula is C18H28N4O4. The topological polar surface area (TPSA) is 116 Å². The number of rotatable bonds is 4. The van der Waals surface area contributed by atoms with Crippen molar-refractivity contribution < 1.29 is 19.2 Å². The highest BCUT2D eigenvalue weighted by Gasteiger charge is 2.74. The van der Waals surface area contributed by atoms with Gasteiger partial charge in [-0.3, -0.25) is 19.2 Å². The first-order valence-corrected chi connectivity index (χ1v) is 9.18. The van der Waals surface area contributed by atoms with Crippen molar-refractivity contribution in [1.82, 2.24) is 21.3 Å². The molecule has 4 bridgehead atoms. The maximum Gasteiger partial charge on any atom is 0.218 e. The van der Waals surface area contributed by atoms with Gasteiger partial charge in [0.2, 0.25) is 23.6 Å². The molecule has 144 valence electrons. The molecule has 4 N–H and O–H groups in total. The van der Waals surface area contributed by atoms with Crippen molar-refractivity contribution in [2.45, 2.75) is 76.5 Å². The quantitative estimate of drug-likeness (QED) is 0.523. The molecule has 26 heavy (non-hydrogen) atoms. The molecule has 0 aromatic heterocycles. The van der Waals surface area contributed by atoms with Gasteiger partial charge in [-0.1, -0.05) is 0 Å². The molecule has 0 aromatic rings. The average Bonchev–Trinajstić information content (AvgIpc) is 2.40. The largest absolute Gasteiger partial charge is 0.347 e. The Kier molecular flexibility index (Phi) is 4.28. The minimum atomic E-state index is -1.26. The molecular weight excluding hydrogens is 336 g/mol. The van der Waals surface area contributed by atoms with E-state index in [0.29, 0.717) is 37.5 Å². The Hall–Kier alpha value is -2.12. The Morgan fingerprint density at radius 1 is 0.615 bits per heavy atom. The summed E-state index contributed by atoms with van der Waals surface area (Å²) in [7, 11) is 0. The molecule has 0 unspecified atom stereocenters. The van der Waals surface area contributed by atoms with Crippen LogP contribution in [0.2, 0.25) is 0 Å². The molecule has 4 rings (SSSR count). The van der Waals surface area contributed by atoms with Crippen molar-refractivity contribution in [3.05, 3.63) is 0 Å². The fourth-order valence-corrected chi connectivity index (χ4v) is 6.26. The predicted molar refractivity (Wildman–Crippen MR) is 93.5 cm³/mol. The lowest BCUT2D eigenvalue weighted by Crippen LogP contribution is -2.93. The first-order chi connectivity index (χ1) is 12.0. The van der Waals surface area contributed by atoms with Crippen molar-refractivity contribution in [3.63, 3.8) is 0 Å². The maximum atomic E-state index is 12.2. The highest BCUT2D eigenvalue weighted by molar-refractivity contribution is 5.82. The predicted octanol–water partition coefficient (Wildman–Crippen LogP) is -0.0716. The zero-order valence-corrected chi connectivity index (χ0v) is 15.8. The number of carbonyl (C=O) groups is 4. The van der Waals surface area contributed by atoms with E-state index in [1.807, 2.05) is 0 Å². The summed E-state index contributed by atoms with van der Waals surface area (Å²) in [4.78, 5) is 48.6. The number of nitrogens with one attached hydrogen (secondary N) is 4. The summed E-state index contributed by atoms with van der Waals surface area (Å²) in [6, 6.07) is 0. The number of hydrogen-bond acceptors (Lipinski definition) is 4. The van der Waals surface area contributed by atoms with E-state index in [0.717, 1.165) is 6.42 Å². The van der Waals surface area contributed by atoms with E-state index in [4.69, 9.17) is 0 Å². The van der Waals surface area contributed by atoms with Crippen LogP contribution in [0.15, 0.2) is 0 Å². The van der Waals surface area contributed by atoms with E-state index < -0.39 is 16.7 Å². The lowest BCUT2D eigenvalue weighted by Gasteiger charge is -2.71. The average molecular weight is 364 g/mol. The Bertz CT molecular complexity index is 606. The van der Waals surface area contributed by atoms with Crippen molar-refractivity contribution in [3.8, 4) is 0 Å². The molecule has 0 radical (unpaired) electrons. The van der Waals surface area contributed by atoms with Crippen LogP contribution in [0.25, 0.3) is 0 Å². The van der Waals surface area contributed by atoms with Gasteiger partial charge in [-0.05, 0) is 43.9 Å². The molecule has 4 saturated carbocycles. The summed E-state index contributed by atoms with van der Waals surface area (Å²) >= 11 is 0. The fourth-order valence-electron chi connectivity index (χ4n) is 6.26. The normalized spacial score (nSPS) is 36.2. The molecule has 0 saturated heterocycles. The van der Waals surface area contributed by atoms with Gasteiger partial charge in [0, 0.05) is 27.7 Å². The van der Waals surface area contributed by atoms with Crippen LogP contribution in [-0.4, -0.2) is 40.4 Å². The summed E-state index contributed by atoms with van der Waals surface area (Å²) in [6.45, 7) is 5.65. The molecule has 4 amide bonds. The number of amides is 4. The summed E-state index contributed by atoms with van der Waals surface area (Å²) in [6.07, 6.45) is 3.67. The standard InChI is InChI=1S/C18H28N4O4/c1-10(23)19-16-6-14-5-15(7-16)9-17(8-14,20-11(2)24)18(16,21-12(3)25)22-13(4)26/h14-15H,5-9H2,1-4H3,(H,19,23)(H,20,24)(H,21,25)(H,22,26). The van der Waals surface area contributed by atoms with Gasteiger partial charge >= 0.3 is 0 Å². The molecule has 0 spiro atoms. The van der Waals surface area contributed by atoms with Gasteiger partial charge in [-0.25, -0.2) is 0 Å². The van der Waals surface area contributed by atoms with Crippen LogP contribution >= 0.6 is 0 Å². The van der Waals surface area contributed by atoms with Crippen LogP contribution in [0.3, 0.4) is 0 Å². The Morgan fingerprint density at radius 2 is 0.923 bits per heavy atom. The first kappa shape index (κ1) is 18.7. The van der Waals surface area contributed by atoms with Crippen LogP contribution in [0.4, 0.5) is 0 Å². The highest BCUT2D eigenvalue weighted by Crippen LogP contribution is 2.61.